The number of amides is 2. The molecule has 42 heavy (non-hydrogen) atoms. The topological polar surface area (TPSA) is 119 Å². The number of likely N-dealkylation sites (tertiary alicyclic amines) is 2. The maximum Gasteiger partial charge on any atom is 0.229 e. The van der Waals surface area contributed by atoms with E-state index in [9.17, 15) is 32.3 Å². The summed E-state index contributed by atoms with van der Waals surface area (Å²) in [5.74, 6) is -3.35. The van der Waals surface area contributed by atoms with Gasteiger partial charge in [-0.1, -0.05) is 24.3 Å². The minimum absolute atomic E-state index is 0.0776. The predicted molar refractivity (Wildman–Crippen MR) is 156 cm³/mol. The summed E-state index contributed by atoms with van der Waals surface area (Å²) in [6.07, 6.45) is 2.69. The van der Waals surface area contributed by atoms with Crippen LogP contribution in [0.1, 0.15) is 40.2 Å². The van der Waals surface area contributed by atoms with Gasteiger partial charge in [-0.05, 0) is 49.1 Å². The molecule has 4 atom stereocenters. The van der Waals surface area contributed by atoms with Crippen LogP contribution in [-0.4, -0.2) is 110 Å². The van der Waals surface area contributed by atoms with Crippen LogP contribution in [0.5, 0.6) is 5.75 Å². The summed E-state index contributed by atoms with van der Waals surface area (Å²) >= 11 is 0. The first kappa shape index (κ1) is 31.6. The molecule has 1 N–H and O–H groups in total. The van der Waals surface area contributed by atoms with Crippen molar-refractivity contribution in [2.24, 2.45) is 11.8 Å². The van der Waals surface area contributed by atoms with Gasteiger partial charge in [-0.15, -0.1) is 0 Å². The fourth-order valence-electron chi connectivity index (χ4n) is 6.25. The first-order valence-corrected chi connectivity index (χ1v) is 15.9. The van der Waals surface area contributed by atoms with Gasteiger partial charge in [0.05, 0.1) is 12.2 Å². The van der Waals surface area contributed by atoms with Gasteiger partial charge in [-0.3, -0.25) is 14.4 Å². The molecule has 12 heteroatoms. The predicted octanol–water partition coefficient (Wildman–Crippen LogP) is 2.28. The maximum absolute atomic E-state index is 14.9. The number of hydrogen-bond donors (Lipinski definition) is 1. The van der Waals surface area contributed by atoms with Crippen molar-refractivity contribution in [1.82, 2.24) is 19.0 Å². The van der Waals surface area contributed by atoms with Crippen molar-refractivity contribution < 1.29 is 32.3 Å². The third-order valence-corrected chi connectivity index (χ3v) is 9.98. The molecule has 0 bridgehead atoms. The molecule has 4 rings (SSSR count). The van der Waals surface area contributed by atoms with Crippen molar-refractivity contribution in [2.75, 3.05) is 53.1 Å². The van der Waals surface area contributed by atoms with E-state index in [0.717, 1.165) is 6.26 Å². The minimum Gasteiger partial charge on any atom is -0.508 e. The highest BCUT2D eigenvalue weighted by atomic mass is 32.2. The van der Waals surface area contributed by atoms with E-state index in [1.165, 1.54) is 34.5 Å². The molecule has 2 amide bonds. The SMILES string of the molecule is Cc1c(F)cccc1[C@@H]1[C@@H](C(=O)c2cccc(O)c2)CN(CCN(C)S(C)(=O)=O)C[C@H]1C(=O)N1CCCC1N(C)C=O. The molecule has 2 heterocycles. The van der Waals surface area contributed by atoms with E-state index in [1.54, 1.807) is 43.1 Å². The highest BCUT2D eigenvalue weighted by Crippen LogP contribution is 2.42. The number of ketones is 1. The number of phenols is 1. The number of aromatic hydroxyl groups is 1. The van der Waals surface area contributed by atoms with Gasteiger partial charge in [0.1, 0.15) is 17.7 Å². The summed E-state index contributed by atoms with van der Waals surface area (Å²) < 4.78 is 40.3. The normalized spacial score (nSPS) is 23.2. The Balaban J connectivity index is 1.81. The average Bonchev–Trinajstić information content (AvgIpc) is 3.45. The zero-order valence-electron chi connectivity index (χ0n) is 24.4. The fourth-order valence-corrected chi connectivity index (χ4v) is 6.66. The quantitative estimate of drug-likeness (QED) is 0.328. The lowest BCUT2D eigenvalue weighted by Gasteiger charge is -2.45. The monoisotopic (exact) mass is 602 g/mol. The standard InChI is InChI=1S/C30H39FN4O6S/c1-20-23(10-6-11-26(20)31)28-24(29(38)21-8-5-9-22(37)16-21)17-34(15-14-33(3)42(4,40)41)18-25(28)30(39)35-13-7-12-27(35)32(2)19-36/h5-6,8-11,16,19,24-25,27-28,37H,7,12-15,17-18H2,1-4H3/t24-,25+,27?,28+/m0/s1. The Labute approximate surface area is 246 Å². The number of nitrogens with zero attached hydrogens (tertiary/aromatic N) is 4. The van der Waals surface area contributed by atoms with Crippen LogP contribution in [0.15, 0.2) is 42.5 Å². The van der Waals surface area contributed by atoms with Crippen molar-refractivity contribution in [3.63, 3.8) is 0 Å². The van der Waals surface area contributed by atoms with Gasteiger partial charge in [0.2, 0.25) is 22.3 Å². The van der Waals surface area contributed by atoms with Crippen LogP contribution in [0.3, 0.4) is 0 Å². The van der Waals surface area contributed by atoms with E-state index in [1.807, 2.05) is 4.90 Å². The number of phenolic OH excluding ortho intramolecular Hbond substituents is 1. The van der Waals surface area contributed by atoms with Crippen LogP contribution in [0.4, 0.5) is 4.39 Å². The minimum atomic E-state index is -3.45. The lowest BCUT2D eigenvalue weighted by Crippen LogP contribution is -2.56. The van der Waals surface area contributed by atoms with Crippen molar-refractivity contribution >= 4 is 28.1 Å². The molecule has 228 valence electrons. The Morgan fingerprint density at radius 2 is 1.81 bits per heavy atom. The Morgan fingerprint density at radius 1 is 1.12 bits per heavy atom. The molecular weight excluding hydrogens is 563 g/mol. The highest BCUT2D eigenvalue weighted by Gasteiger charge is 2.48. The van der Waals surface area contributed by atoms with Crippen LogP contribution < -0.4 is 0 Å². The molecule has 2 aliphatic rings. The van der Waals surface area contributed by atoms with Gasteiger partial charge >= 0.3 is 0 Å². The highest BCUT2D eigenvalue weighted by molar-refractivity contribution is 7.88. The molecule has 0 aromatic heterocycles. The molecule has 2 aliphatic heterocycles. The molecule has 2 aromatic rings. The number of sulfonamides is 1. The first-order valence-electron chi connectivity index (χ1n) is 14.0. The van der Waals surface area contributed by atoms with Gasteiger partial charge in [0.15, 0.2) is 5.78 Å². The van der Waals surface area contributed by atoms with Gasteiger partial charge in [0.25, 0.3) is 0 Å². The van der Waals surface area contributed by atoms with Crippen molar-refractivity contribution in [1.29, 1.82) is 0 Å². The van der Waals surface area contributed by atoms with Gasteiger partial charge < -0.3 is 19.8 Å². The van der Waals surface area contributed by atoms with Crippen LogP contribution >= 0.6 is 0 Å². The zero-order chi connectivity index (χ0) is 30.8. The second kappa shape index (κ2) is 12.9. The number of likely N-dealkylation sites (N-methyl/N-ethyl adjacent to an activating group) is 1. The van der Waals surface area contributed by atoms with E-state index in [2.05, 4.69) is 0 Å². The lowest BCUT2D eigenvalue weighted by molar-refractivity contribution is -0.144. The average molecular weight is 603 g/mol. The number of carbonyl (C=O) groups is 3. The molecular formula is C30H39FN4O6S. The summed E-state index contributed by atoms with van der Waals surface area (Å²) in [7, 11) is -0.354. The van der Waals surface area contributed by atoms with E-state index in [4.69, 9.17) is 0 Å². The van der Waals surface area contributed by atoms with Crippen LogP contribution in [0, 0.1) is 24.6 Å². The number of Topliss-reactive ketones (excluding diaryl/α,β-unsaturated/α-hetero) is 1. The number of hydrogen-bond acceptors (Lipinski definition) is 7. The summed E-state index contributed by atoms with van der Waals surface area (Å²) in [5, 5.41) is 10.1. The number of piperidine rings is 1. The van der Waals surface area contributed by atoms with E-state index < -0.39 is 39.8 Å². The third-order valence-electron chi connectivity index (χ3n) is 8.67. The second-order valence-electron chi connectivity index (χ2n) is 11.4. The Morgan fingerprint density at radius 3 is 2.48 bits per heavy atom. The summed E-state index contributed by atoms with van der Waals surface area (Å²) in [4.78, 5) is 45.3. The zero-order valence-corrected chi connectivity index (χ0v) is 25.3. The largest absolute Gasteiger partial charge is 0.508 e. The van der Waals surface area contributed by atoms with Crippen LogP contribution in [0.2, 0.25) is 0 Å². The van der Waals surface area contributed by atoms with Crippen molar-refractivity contribution in [3.05, 3.63) is 65.0 Å². The van der Waals surface area contributed by atoms with E-state index in [0.29, 0.717) is 36.9 Å². The Hall–Kier alpha value is -3.35. The number of halogens is 1. The van der Waals surface area contributed by atoms with E-state index in [-0.39, 0.29) is 49.2 Å². The van der Waals surface area contributed by atoms with Crippen LogP contribution in [-0.2, 0) is 19.6 Å². The number of carbonyl (C=O) groups excluding carboxylic acids is 3. The molecule has 1 unspecified atom stereocenters. The molecule has 0 spiro atoms. The summed E-state index contributed by atoms with van der Waals surface area (Å²) in [6, 6.07) is 10.7. The molecule has 2 fully saturated rings. The van der Waals surface area contributed by atoms with Gasteiger partial charge in [0, 0.05) is 64.2 Å². The summed E-state index contributed by atoms with van der Waals surface area (Å²) in [6.45, 7) is 2.91. The first-order chi connectivity index (χ1) is 19.8. The van der Waals surface area contributed by atoms with E-state index >= 15 is 0 Å². The fraction of sp³-hybridized carbons (Fsp3) is 0.500. The summed E-state index contributed by atoms with van der Waals surface area (Å²) in [5.41, 5.74) is 1.17. The Kier molecular flexibility index (Phi) is 9.69. The number of rotatable bonds is 10. The van der Waals surface area contributed by atoms with Crippen molar-refractivity contribution in [2.45, 2.75) is 31.8 Å². The van der Waals surface area contributed by atoms with Crippen molar-refractivity contribution in [3.8, 4) is 5.75 Å². The lowest BCUT2D eigenvalue weighted by atomic mass is 9.69. The molecule has 2 aromatic carbocycles. The van der Waals surface area contributed by atoms with Crippen LogP contribution in [0.25, 0.3) is 0 Å². The molecule has 0 saturated carbocycles. The molecule has 0 aliphatic carbocycles. The number of benzene rings is 2. The molecule has 0 radical (unpaired) electrons. The molecule has 10 nitrogen and oxygen atoms in total. The smallest absolute Gasteiger partial charge is 0.229 e. The molecule has 2 saturated heterocycles. The third kappa shape index (κ3) is 6.66. The van der Waals surface area contributed by atoms with Gasteiger partial charge in [-0.2, -0.15) is 0 Å². The van der Waals surface area contributed by atoms with Gasteiger partial charge in [-0.25, -0.2) is 17.1 Å². The second-order valence-corrected chi connectivity index (χ2v) is 13.5. The maximum atomic E-state index is 14.9. The Bertz CT molecular complexity index is 1440.